The Bertz CT molecular complexity index is 1990. The molecule has 0 aliphatic rings. The first kappa shape index (κ1) is 53.2. The third kappa shape index (κ3) is 16.8. The van der Waals surface area contributed by atoms with Crippen molar-refractivity contribution in [3.05, 3.63) is 89.5 Å². The normalized spacial score (nSPS) is 16.4. The van der Waals surface area contributed by atoms with E-state index in [1.807, 2.05) is 98.6 Å². The molecule has 0 fully saturated rings. The number of benzene rings is 3. The lowest BCUT2D eigenvalue weighted by molar-refractivity contribution is 0.164. The highest BCUT2D eigenvalue weighted by molar-refractivity contribution is 8.55. The van der Waals surface area contributed by atoms with Gasteiger partial charge >= 0.3 is 13.7 Å². The Morgan fingerprint density at radius 1 is 0.783 bits per heavy atom. The van der Waals surface area contributed by atoms with E-state index in [0.717, 1.165) is 54.5 Å². The van der Waals surface area contributed by atoms with Crippen LogP contribution in [0.4, 0.5) is 0 Å². The maximum atomic E-state index is 6.63. The summed E-state index contributed by atoms with van der Waals surface area (Å²) in [5.41, 5.74) is 21.5. The molecule has 0 aliphatic carbocycles. The molecule has 8 atom stereocenters. The predicted molar refractivity (Wildman–Crippen MR) is 277 cm³/mol. The van der Waals surface area contributed by atoms with E-state index in [2.05, 4.69) is 37.9 Å². The molecule has 3 aromatic rings. The van der Waals surface area contributed by atoms with Gasteiger partial charge in [-0.25, -0.2) is 4.78 Å². The van der Waals surface area contributed by atoms with E-state index in [4.69, 9.17) is 93.7 Å². The molecule has 0 saturated carbocycles. The molecule has 60 heavy (non-hydrogen) atoms. The monoisotopic (exact) mass is 1030 g/mol. The fourth-order valence-corrected chi connectivity index (χ4v) is 15.3. The van der Waals surface area contributed by atoms with Crippen molar-refractivity contribution in [2.45, 2.75) is 83.3 Å². The number of rotatable bonds is 25. The lowest BCUT2D eigenvalue weighted by Gasteiger charge is -2.38. The number of hydrogen-bond acceptors (Lipinski definition) is 12. The first-order valence-electron chi connectivity index (χ1n) is 18.9. The van der Waals surface area contributed by atoms with Crippen LogP contribution in [0, 0.1) is 0 Å². The number of nitrogens with two attached hydrogens (primary N) is 3. The number of unbranched alkanes of at least 4 members (excludes halogenated alkanes) is 1. The number of ether oxygens (including phenoxy) is 3. The van der Waals surface area contributed by atoms with Crippen molar-refractivity contribution in [2.75, 3.05) is 21.1 Å². The molecule has 6 N–H and O–H groups in total. The largest absolute Gasteiger partial charge is 0.481 e. The quantitative estimate of drug-likeness (QED) is 0.0421. The average Bonchev–Trinajstić information content (AvgIpc) is 3.23. The predicted octanol–water partition coefficient (Wildman–Crippen LogP) is 12.3. The summed E-state index contributed by atoms with van der Waals surface area (Å²) in [5.74, 6) is 1.87. The second-order valence-electron chi connectivity index (χ2n) is 13.9. The van der Waals surface area contributed by atoms with Crippen molar-refractivity contribution < 1.29 is 14.2 Å². The Balaban J connectivity index is 1.59. The summed E-state index contributed by atoms with van der Waals surface area (Å²) in [4.78, 5) is -2.67. The third-order valence-electron chi connectivity index (χ3n) is 8.90. The zero-order valence-corrected chi connectivity index (χ0v) is 44.6. The summed E-state index contributed by atoms with van der Waals surface area (Å²) >= 11 is 29.0. The molecule has 12 nitrogen and oxygen atoms in total. The molecule has 0 amide bonds. The van der Waals surface area contributed by atoms with Gasteiger partial charge in [0.05, 0.1) is 40.5 Å². The Hall–Kier alpha value is -1.09. The molecule has 23 heteroatoms. The Morgan fingerprint density at radius 2 is 1.25 bits per heavy atom. The first-order valence-corrected chi connectivity index (χ1v) is 33.6. The lowest BCUT2D eigenvalue weighted by Crippen LogP contribution is -2.32. The highest BCUT2D eigenvalue weighted by Crippen LogP contribution is 2.74. The zero-order chi connectivity index (χ0) is 44.7. The van der Waals surface area contributed by atoms with Gasteiger partial charge in [-0.1, -0.05) is 20.3 Å². The van der Waals surface area contributed by atoms with Crippen molar-refractivity contribution in [2.24, 2.45) is 31.8 Å². The van der Waals surface area contributed by atoms with Crippen LogP contribution in [0.2, 0.25) is 0 Å². The fraction of sp³-hybridized carbons (Fsp3) is 0.432. The first-order chi connectivity index (χ1) is 28.2. The second-order valence-corrected chi connectivity index (χ2v) is 36.2. The van der Waals surface area contributed by atoms with Crippen LogP contribution in [-0.4, -0.2) is 70.7 Å². The number of halogens is 2. The molecule has 3 rings (SSSR count). The van der Waals surface area contributed by atoms with Crippen molar-refractivity contribution in [3.8, 4) is 17.2 Å². The van der Waals surface area contributed by atoms with Crippen LogP contribution < -0.4 is 30.7 Å². The molecule has 0 bridgehead atoms. The van der Waals surface area contributed by atoms with E-state index in [1.165, 1.54) is 4.78 Å². The van der Waals surface area contributed by atoms with Crippen molar-refractivity contribution >= 4 is 119 Å². The molecule has 0 spiro atoms. The molecular weight excluding hydrogens is 971 g/mol. The SMILES string of the molecule is CCCCC(C)(Oc1ccc(/C=N/N(C)[P+](=S)C(C)(CCC)Oc2ccc(/C=N/N(C)[P+](=S)C(C)Oc3ccc(/C=N/N(C)P(=S)(Cl)Cl)cc3)cc2)cc1)P(N)P(N)PN. The Morgan fingerprint density at radius 3 is 1.72 bits per heavy atom. The molecule has 3 aromatic carbocycles. The minimum absolute atomic E-state index is 0.132. The van der Waals surface area contributed by atoms with Crippen LogP contribution in [0.1, 0.15) is 83.4 Å². The molecule has 0 heterocycles. The molecule has 8 unspecified atom stereocenters. The number of nitrogens with zero attached hydrogens (tertiary/aromatic N) is 6. The van der Waals surface area contributed by atoms with Crippen LogP contribution in [0.15, 0.2) is 88.1 Å². The molecule has 328 valence electrons. The number of hydrazone groups is 3. The summed E-state index contributed by atoms with van der Waals surface area (Å²) < 4.78 is 24.3. The molecule has 0 aromatic heterocycles. The Kier molecular flexibility index (Phi) is 22.6. The zero-order valence-electron chi connectivity index (χ0n) is 35.1. The van der Waals surface area contributed by atoms with Crippen LogP contribution in [0.5, 0.6) is 17.2 Å². The van der Waals surface area contributed by atoms with E-state index in [9.17, 15) is 0 Å². The van der Waals surface area contributed by atoms with Gasteiger partial charge in [0.25, 0.3) is 11.2 Å². The third-order valence-corrected chi connectivity index (χ3v) is 26.8. The smallest absolute Gasteiger partial charge is 0.358 e. The highest BCUT2D eigenvalue weighted by atomic mass is 35.9. The van der Waals surface area contributed by atoms with E-state index >= 15 is 0 Å². The maximum absolute atomic E-state index is 6.63. The highest BCUT2D eigenvalue weighted by Gasteiger charge is 2.46. The Labute approximate surface area is 387 Å². The van der Waals surface area contributed by atoms with Gasteiger partial charge in [0, 0.05) is 34.8 Å². The lowest BCUT2D eigenvalue weighted by atomic mass is 10.1. The summed E-state index contributed by atoms with van der Waals surface area (Å²) in [6, 6.07) is 23.1. The van der Waals surface area contributed by atoms with Crippen LogP contribution >= 0.6 is 64.7 Å². The summed E-state index contributed by atoms with van der Waals surface area (Å²) in [6.45, 7) is 7.91. The van der Waals surface area contributed by atoms with Gasteiger partial charge in [-0.3, -0.25) is 0 Å². The van der Waals surface area contributed by atoms with Crippen LogP contribution in [0.3, 0.4) is 0 Å². The van der Waals surface area contributed by atoms with E-state index in [0.29, 0.717) is 11.5 Å². The van der Waals surface area contributed by atoms with Crippen LogP contribution in [-0.2, 0) is 35.4 Å². The minimum Gasteiger partial charge on any atom is -0.481 e. The van der Waals surface area contributed by atoms with Gasteiger partial charge in [0.2, 0.25) is 4.89 Å². The number of hydrogen-bond donors (Lipinski definition) is 3. The van der Waals surface area contributed by atoms with Crippen molar-refractivity contribution in [1.82, 2.24) is 14.3 Å². The maximum Gasteiger partial charge on any atom is 0.358 e. The fourth-order valence-electron chi connectivity index (χ4n) is 5.43. The van der Waals surface area contributed by atoms with Crippen molar-refractivity contribution in [3.63, 3.8) is 0 Å². The van der Waals surface area contributed by atoms with E-state index < -0.39 is 44.5 Å². The van der Waals surface area contributed by atoms with Crippen molar-refractivity contribution in [1.29, 1.82) is 0 Å². The molecule has 0 saturated heterocycles. The van der Waals surface area contributed by atoms with Gasteiger partial charge in [0.1, 0.15) is 22.6 Å². The second kappa shape index (κ2) is 25.4. The average molecular weight is 1030 g/mol. The van der Waals surface area contributed by atoms with Gasteiger partial charge in [-0.05, 0) is 158 Å². The molecule has 0 aliphatic heterocycles. The van der Waals surface area contributed by atoms with Gasteiger partial charge in [-0.15, -0.1) is 19.8 Å². The minimum atomic E-state index is -2.67. The summed E-state index contributed by atoms with van der Waals surface area (Å²) in [6.07, 6.45) is 9.74. The van der Waals surface area contributed by atoms with Gasteiger partial charge < -0.3 is 30.7 Å². The molecular formula is C37H57Cl2N9O3P6S3+2. The topological polar surface area (TPSA) is 153 Å². The van der Waals surface area contributed by atoms with Crippen LogP contribution in [0.25, 0.3) is 0 Å². The summed E-state index contributed by atoms with van der Waals surface area (Å²) in [5, 5.41) is 12.4. The summed E-state index contributed by atoms with van der Waals surface area (Å²) in [7, 11) is 3.50. The van der Waals surface area contributed by atoms with E-state index in [1.54, 1.807) is 30.5 Å². The van der Waals surface area contributed by atoms with Gasteiger partial charge in [0.15, 0.2) is 23.6 Å². The molecule has 0 radical (unpaired) electrons. The van der Waals surface area contributed by atoms with E-state index in [-0.39, 0.29) is 14.3 Å². The van der Waals surface area contributed by atoms with Gasteiger partial charge in [-0.2, -0.15) is 5.10 Å². The standard InChI is InChI=1S/C37H57Cl2N9O3P6S3/c1-9-11-25-36(4,54(41)56(42)52-40)50-34-20-14-31(15-21-34)27-44-47(7)55(59)37(5,24-10-2)51-35-22-16-30(17-23-35)26-43-46(6)53(58)29(3)49-33-18-12-32(13-19-33)28-45-48(8)57(38,39)60/h12-23,26-29,52H,9-11,24-25,40-42H2,1-8H3/q+2/b43-26+,44-27+,45-28+.